The Balaban J connectivity index is 2.28. The van der Waals surface area contributed by atoms with Gasteiger partial charge in [0.05, 0.1) is 11.1 Å². The Morgan fingerprint density at radius 3 is 2.42 bits per heavy atom. The fourth-order valence-corrected chi connectivity index (χ4v) is 1.50. The molecule has 0 aliphatic heterocycles. The van der Waals surface area contributed by atoms with Crippen LogP contribution in [-0.4, -0.2) is 32.0 Å². The average molecular weight is 262 g/mol. The molecular formula is C11H10N4O4. The van der Waals surface area contributed by atoms with Gasteiger partial charge >= 0.3 is 5.97 Å². The van der Waals surface area contributed by atoms with E-state index in [0.29, 0.717) is 4.79 Å². The van der Waals surface area contributed by atoms with Gasteiger partial charge in [-0.3, -0.25) is 4.79 Å². The van der Waals surface area contributed by atoms with Gasteiger partial charge in [0.1, 0.15) is 0 Å². The van der Waals surface area contributed by atoms with Gasteiger partial charge in [-0.05, 0) is 12.1 Å². The molecule has 0 radical (unpaired) electrons. The highest BCUT2D eigenvalue weighted by Crippen LogP contribution is 2.15. The first-order valence-corrected chi connectivity index (χ1v) is 5.17. The molecule has 0 bridgehead atoms. The van der Waals surface area contributed by atoms with Crippen LogP contribution in [0.4, 0.5) is 5.82 Å². The van der Waals surface area contributed by atoms with Crippen LogP contribution < -0.4 is 11.2 Å². The van der Waals surface area contributed by atoms with Gasteiger partial charge in [-0.15, -0.1) is 9.89 Å². The van der Waals surface area contributed by atoms with E-state index in [9.17, 15) is 14.7 Å². The highest BCUT2D eigenvalue weighted by atomic mass is 16.4. The van der Waals surface area contributed by atoms with Gasteiger partial charge in [0.15, 0.2) is 5.82 Å². The van der Waals surface area contributed by atoms with Crippen molar-refractivity contribution in [3.63, 3.8) is 0 Å². The van der Waals surface area contributed by atoms with E-state index in [4.69, 9.17) is 10.9 Å². The minimum absolute atomic E-state index is 0.0129. The van der Waals surface area contributed by atoms with Crippen molar-refractivity contribution in [2.24, 2.45) is 0 Å². The van der Waals surface area contributed by atoms with E-state index in [1.54, 1.807) is 6.07 Å². The van der Waals surface area contributed by atoms with Crippen LogP contribution in [0.3, 0.4) is 0 Å². The molecule has 5 N–H and O–H groups in total. The van der Waals surface area contributed by atoms with Crippen molar-refractivity contribution in [3.8, 4) is 5.88 Å². The maximum atomic E-state index is 11.9. The first kappa shape index (κ1) is 12.4. The molecule has 1 heterocycles. The molecule has 2 aromatic rings. The first-order valence-electron chi connectivity index (χ1n) is 5.17. The second-order valence-electron chi connectivity index (χ2n) is 3.64. The molecule has 1 aromatic carbocycles. The number of aromatic carboxylic acids is 1. The van der Waals surface area contributed by atoms with Crippen LogP contribution >= 0.6 is 0 Å². The molecule has 0 aliphatic carbocycles. The number of nitrogens with two attached hydrogens (primary N) is 1. The Kier molecular flexibility index (Phi) is 3.06. The van der Waals surface area contributed by atoms with Gasteiger partial charge in [-0.1, -0.05) is 12.1 Å². The van der Waals surface area contributed by atoms with Gasteiger partial charge in [0, 0.05) is 6.07 Å². The number of benzene rings is 1. The van der Waals surface area contributed by atoms with Crippen molar-refractivity contribution in [3.05, 3.63) is 41.5 Å². The molecule has 0 spiro atoms. The van der Waals surface area contributed by atoms with Gasteiger partial charge in [0.25, 0.3) is 5.91 Å². The monoisotopic (exact) mass is 262 g/mol. The summed E-state index contributed by atoms with van der Waals surface area (Å²) in [6, 6.07) is 6.89. The molecule has 2 rings (SSSR count). The van der Waals surface area contributed by atoms with E-state index < -0.39 is 11.9 Å². The Morgan fingerprint density at radius 2 is 1.89 bits per heavy atom. The largest absolute Gasteiger partial charge is 0.492 e. The number of rotatable bonds is 3. The molecule has 0 unspecified atom stereocenters. The van der Waals surface area contributed by atoms with E-state index >= 15 is 0 Å². The van der Waals surface area contributed by atoms with E-state index in [0.717, 1.165) is 6.07 Å². The minimum atomic E-state index is -1.21. The van der Waals surface area contributed by atoms with E-state index in [-0.39, 0.29) is 22.8 Å². The summed E-state index contributed by atoms with van der Waals surface area (Å²) in [6.45, 7) is 0. The third-order valence-electron chi connectivity index (χ3n) is 2.36. The smallest absolute Gasteiger partial charge is 0.336 e. The van der Waals surface area contributed by atoms with Crippen molar-refractivity contribution in [2.45, 2.75) is 0 Å². The number of aromatic hydroxyl groups is 1. The standard InChI is InChI=1S/C11H10N4O4/c12-15-9(16)5-8(14-15)13-10(17)6-3-1-2-4-7(6)11(18)19/h1-5,16H,12H2,(H,18,19)(H,13,14,17). The highest BCUT2D eigenvalue weighted by molar-refractivity contribution is 6.10. The number of carboxylic acid groups (broad SMARTS) is 1. The summed E-state index contributed by atoms with van der Waals surface area (Å²) in [5, 5.41) is 24.1. The van der Waals surface area contributed by atoms with Crippen LogP contribution in [0.1, 0.15) is 20.7 Å². The number of anilines is 1. The number of aromatic nitrogens is 2. The fraction of sp³-hybridized carbons (Fsp3) is 0. The predicted octanol–water partition coefficient (Wildman–Crippen LogP) is 0.253. The van der Waals surface area contributed by atoms with E-state index in [1.165, 1.54) is 18.2 Å². The molecule has 19 heavy (non-hydrogen) atoms. The Hall–Kier alpha value is -3.03. The van der Waals surface area contributed by atoms with Gasteiger partial charge in [-0.25, -0.2) is 4.79 Å². The van der Waals surface area contributed by atoms with Crippen molar-refractivity contribution >= 4 is 17.7 Å². The Bertz CT molecular complexity index is 630. The van der Waals surface area contributed by atoms with Gasteiger partial charge in [-0.2, -0.15) is 0 Å². The van der Waals surface area contributed by atoms with Crippen molar-refractivity contribution in [2.75, 3.05) is 11.2 Å². The first-order chi connectivity index (χ1) is 8.99. The number of nitrogens with zero attached hydrogens (tertiary/aromatic N) is 2. The maximum Gasteiger partial charge on any atom is 0.336 e. The van der Waals surface area contributed by atoms with Crippen LogP contribution in [0.25, 0.3) is 0 Å². The Labute approximate surface area is 107 Å². The third kappa shape index (κ3) is 2.46. The zero-order chi connectivity index (χ0) is 14.0. The normalized spacial score (nSPS) is 10.1. The van der Waals surface area contributed by atoms with E-state index in [2.05, 4.69) is 10.4 Å². The molecule has 8 heteroatoms. The topological polar surface area (TPSA) is 130 Å². The van der Waals surface area contributed by atoms with Crippen LogP contribution in [-0.2, 0) is 0 Å². The third-order valence-corrected chi connectivity index (χ3v) is 2.36. The number of nitrogens with one attached hydrogen (secondary N) is 1. The SMILES string of the molecule is Nn1nc(NC(=O)c2ccccc2C(=O)O)cc1O. The number of nitrogen functional groups attached to an aromatic ring is 1. The number of carboxylic acids is 1. The molecule has 1 amide bonds. The molecule has 8 nitrogen and oxygen atoms in total. The van der Waals surface area contributed by atoms with Crippen molar-refractivity contribution in [1.82, 2.24) is 9.89 Å². The number of amides is 1. The average Bonchev–Trinajstić information content (AvgIpc) is 2.68. The van der Waals surface area contributed by atoms with Crippen LogP contribution in [0.2, 0.25) is 0 Å². The molecule has 0 saturated heterocycles. The second kappa shape index (κ2) is 4.69. The minimum Gasteiger partial charge on any atom is -0.492 e. The van der Waals surface area contributed by atoms with Crippen LogP contribution in [0, 0.1) is 0 Å². The zero-order valence-electron chi connectivity index (χ0n) is 9.57. The molecule has 1 aromatic heterocycles. The van der Waals surface area contributed by atoms with E-state index in [1.807, 2.05) is 0 Å². The molecule has 0 saturated carbocycles. The highest BCUT2D eigenvalue weighted by Gasteiger charge is 2.17. The summed E-state index contributed by atoms with van der Waals surface area (Å²) in [5.74, 6) is 3.06. The summed E-state index contributed by atoms with van der Waals surface area (Å²) < 4.78 is 0. The Morgan fingerprint density at radius 1 is 1.26 bits per heavy atom. The molecule has 0 fully saturated rings. The lowest BCUT2D eigenvalue weighted by atomic mass is 10.1. The quantitative estimate of drug-likeness (QED) is 0.586. The molecule has 98 valence electrons. The predicted molar refractivity (Wildman–Crippen MR) is 65.4 cm³/mol. The zero-order valence-corrected chi connectivity index (χ0v) is 9.57. The summed E-state index contributed by atoms with van der Waals surface area (Å²) in [6.07, 6.45) is 0. The lowest BCUT2D eigenvalue weighted by Gasteiger charge is -2.04. The number of carbonyl (C=O) groups is 2. The van der Waals surface area contributed by atoms with Crippen LogP contribution in [0.5, 0.6) is 5.88 Å². The van der Waals surface area contributed by atoms with Gasteiger partial charge in [0.2, 0.25) is 5.88 Å². The summed E-state index contributed by atoms with van der Waals surface area (Å²) in [7, 11) is 0. The lowest BCUT2D eigenvalue weighted by Crippen LogP contribution is -2.17. The lowest BCUT2D eigenvalue weighted by molar-refractivity contribution is 0.0692. The molecule has 0 aliphatic rings. The number of hydrogen-bond donors (Lipinski definition) is 4. The maximum absolute atomic E-state index is 11.9. The van der Waals surface area contributed by atoms with Crippen molar-refractivity contribution in [1.29, 1.82) is 0 Å². The van der Waals surface area contributed by atoms with Crippen LogP contribution in [0.15, 0.2) is 30.3 Å². The summed E-state index contributed by atoms with van der Waals surface area (Å²) in [5.41, 5.74) is -0.141. The fourth-order valence-electron chi connectivity index (χ4n) is 1.50. The second-order valence-corrected chi connectivity index (χ2v) is 3.64. The molecule has 0 atom stereocenters. The summed E-state index contributed by atoms with van der Waals surface area (Å²) in [4.78, 5) is 23.6. The van der Waals surface area contributed by atoms with Crippen molar-refractivity contribution < 1.29 is 19.8 Å². The number of carbonyl (C=O) groups excluding carboxylic acids is 1. The number of hydrogen-bond acceptors (Lipinski definition) is 5. The summed E-state index contributed by atoms with van der Waals surface area (Å²) >= 11 is 0. The molecular weight excluding hydrogens is 252 g/mol. The van der Waals surface area contributed by atoms with Gasteiger partial charge < -0.3 is 21.4 Å².